The monoisotopic (exact) mass is 263 g/mol. The van der Waals surface area contributed by atoms with Crippen LogP contribution in [0, 0.1) is 11.6 Å². The summed E-state index contributed by atoms with van der Waals surface area (Å²) < 4.78 is 32.1. The van der Waals surface area contributed by atoms with E-state index in [9.17, 15) is 8.78 Å². The highest BCUT2D eigenvalue weighted by molar-refractivity contribution is 5.30. The maximum absolute atomic E-state index is 13.7. The number of nitrogens with two attached hydrogens (primary N) is 1. The number of hydrogen-bond acceptors (Lipinski definition) is 2. The van der Waals surface area contributed by atoms with E-state index in [-0.39, 0.29) is 18.5 Å². The average Bonchev–Trinajstić information content (AvgIpc) is 2.36. The SMILES string of the molecule is CC(N)c1ccc(OCc2cccc(F)c2)cc1F. The summed E-state index contributed by atoms with van der Waals surface area (Å²) in [6.45, 7) is 1.90. The zero-order valence-electron chi connectivity index (χ0n) is 10.6. The first kappa shape index (κ1) is 13.5. The molecule has 0 aliphatic heterocycles. The van der Waals surface area contributed by atoms with Gasteiger partial charge in [-0.25, -0.2) is 8.78 Å². The Morgan fingerprint density at radius 2 is 1.95 bits per heavy atom. The van der Waals surface area contributed by atoms with Crippen molar-refractivity contribution in [3.63, 3.8) is 0 Å². The number of hydrogen-bond donors (Lipinski definition) is 1. The maximum Gasteiger partial charge on any atom is 0.131 e. The average molecular weight is 263 g/mol. The van der Waals surface area contributed by atoms with E-state index < -0.39 is 5.82 Å². The minimum Gasteiger partial charge on any atom is -0.489 e. The molecule has 19 heavy (non-hydrogen) atoms. The van der Waals surface area contributed by atoms with Gasteiger partial charge in [-0.05, 0) is 30.7 Å². The molecule has 1 unspecified atom stereocenters. The quantitative estimate of drug-likeness (QED) is 0.915. The molecule has 0 bridgehead atoms. The van der Waals surface area contributed by atoms with Crippen molar-refractivity contribution in [2.75, 3.05) is 0 Å². The van der Waals surface area contributed by atoms with E-state index in [4.69, 9.17) is 10.5 Å². The van der Waals surface area contributed by atoms with Crippen LogP contribution >= 0.6 is 0 Å². The first-order chi connectivity index (χ1) is 9.06. The highest BCUT2D eigenvalue weighted by Gasteiger charge is 2.08. The molecule has 2 nitrogen and oxygen atoms in total. The molecule has 0 radical (unpaired) electrons. The Balaban J connectivity index is 2.06. The maximum atomic E-state index is 13.7. The fraction of sp³-hybridized carbons (Fsp3) is 0.200. The Hall–Kier alpha value is -1.94. The molecule has 0 spiro atoms. The summed E-state index contributed by atoms with van der Waals surface area (Å²) in [6, 6.07) is 10.3. The summed E-state index contributed by atoms with van der Waals surface area (Å²) in [7, 11) is 0. The molecule has 0 saturated heterocycles. The molecule has 0 saturated carbocycles. The zero-order chi connectivity index (χ0) is 13.8. The number of ether oxygens (including phenoxy) is 1. The van der Waals surface area contributed by atoms with Gasteiger partial charge < -0.3 is 10.5 Å². The third-order valence-electron chi connectivity index (χ3n) is 2.76. The Morgan fingerprint density at radius 1 is 1.16 bits per heavy atom. The Bertz CT molecular complexity index is 570. The largest absolute Gasteiger partial charge is 0.489 e. The van der Waals surface area contributed by atoms with Crippen molar-refractivity contribution in [2.24, 2.45) is 5.73 Å². The van der Waals surface area contributed by atoms with Crippen molar-refractivity contribution in [3.8, 4) is 5.75 Å². The zero-order valence-corrected chi connectivity index (χ0v) is 10.6. The highest BCUT2D eigenvalue weighted by atomic mass is 19.1. The summed E-state index contributed by atoms with van der Waals surface area (Å²) in [6.07, 6.45) is 0. The van der Waals surface area contributed by atoms with Crippen molar-refractivity contribution >= 4 is 0 Å². The van der Waals surface area contributed by atoms with E-state index in [2.05, 4.69) is 0 Å². The first-order valence-corrected chi connectivity index (χ1v) is 5.98. The van der Waals surface area contributed by atoms with Crippen LogP contribution in [-0.2, 0) is 6.61 Å². The van der Waals surface area contributed by atoms with Gasteiger partial charge in [-0.2, -0.15) is 0 Å². The fourth-order valence-corrected chi connectivity index (χ4v) is 1.76. The summed E-state index contributed by atoms with van der Waals surface area (Å²) in [5, 5.41) is 0. The van der Waals surface area contributed by atoms with Crippen molar-refractivity contribution in [3.05, 3.63) is 65.2 Å². The summed E-state index contributed by atoms with van der Waals surface area (Å²) in [5.41, 5.74) is 6.76. The van der Waals surface area contributed by atoms with Crippen LogP contribution < -0.4 is 10.5 Å². The number of rotatable bonds is 4. The second-order valence-corrected chi connectivity index (χ2v) is 4.39. The highest BCUT2D eigenvalue weighted by Crippen LogP contribution is 2.21. The van der Waals surface area contributed by atoms with Crippen LogP contribution in [0.15, 0.2) is 42.5 Å². The molecule has 1 atom stereocenters. The summed E-state index contributed by atoms with van der Waals surface area (Å²) >= 11 is 0. The lowest BCUT2D eigenvalue weighted by Gasteiger charge is -2.10. The lowest BCUT2D eigenvalue weighted by atomic mass is 10.1. The minimum atomic E-state index is -0.397. The van der Waals surface area contributed by atoms with E-state index in [1.807, 2.05) is 0 Å². The van der Waals surface area contributed by atoms with Gasteiger partial charge >= 0.3 is 0 Å². The van der Waals surface area contributed by atoms with Gasteiger partial charge in [0.2, 0.25) is 0 Å². The van der Waals surface area contributed by atoms with Gasteiger partial charge in [0.25, 0.3) is 0 Å². The normalized spacial score (nSPS) is 12.2. The molecule has 2 aromatic carbocycles. The lowest BCUT2D eigenvalue weighted by molar-refractivity contribution is 0.303. The Kier molecular flexibility index (Phi) is 4.12. The van der Waals surface area contributed by atoms with Crippen LogP contribution in [0.5, 0.6) is 5.75 Å². The molecule has 0 fully saturated rings. The molecule has 0 heterocycles. The predicted octanol–water partition coefficient (Wildman–Crippen LogP) is 3.56. The standard InChI is InChI=1S/C15H15F2NO/c1-10(18)14-6-5-13(8-15(14)17)19-9-11-3-2-4-12(16)7-11/h2-8,10H,9,18H2,1H3. The third-order valence-corrected chi connectivity index (χ3v) is 2.76. The molecule has 0 aromatic heterocycles. The van der Waals surface area contributed by atoms with E-state index in [0.29, 0.717) is 16.9 Å². The van der Waals surface area contributed by atoms with Crippen LogP contribution in [0.3, 0.4) is 0 Å². The first-order valence-electron chi connectivity index (χ1n) is 5.98. The molecular weight excluding hydrogens is 248 g/mol. The third kappa shape index (κ3) is 3.51. The minimum absolute atomic E-state index is 0.189. The van der Waals surface area contributed by atoms with E-state index in [1.54, 1.807) is 31.2 Å². The van der Waals surface area contributed by atoms with Crippen LogP contribution in [0.2, 0.25) is 0 Å². The molecule has 2 rings (SSSR count). The van der Waals surface area contributed by atoms with Crippen LogP contribution in [0.4, 0.5) is 8.78 Å². The fourth-order valence-electron chi connectivity index (χ4n) is 1.76. The second-order valence-electron chi connectivity index (χ2n) is 4.39. The van der Waals surface area contributed by atoms with Gasteiger partial charge in [0.15, 0.2) is 0 Å². The predicted molar refractivity (Wildman–Crippen MR) is 69.7 cm³/mol. The van der Waals surface area contributed by atoms with E-state index >= 15 is 0 Å². The molecule has 0 aliphatic rings. The van der Waals surface area contributed by atoms with Crippen molar-refractivity contribution in [1.29, 1.82) is 0 Å². The topological polar surface area (TPSA) is 35.2 Å². The van der Waals surface area contributed by atoms with Crippen molar-refractivity contribution in [1.82, 2.24) is 0 Å². The van der Waals surface area contributed by atoms with Gasteiger partial charge in [-0.3, -0.25) is 0 Å². The summed E-state index contributed by atoms with van der Waals surface area (Å²) in [5.74, 6) is -0.322. The van der Waals surface area contributed by atoms with E-state index in [1.165, 1.54) is 18.2 Å². The molecular formula is C15H15F2NO. The number of halogens is 2. The van der Waals surface area contributed by atoms with Gasteiger partial charge in [-0.15, -0.1) is 0 Å². The lowest BCUT2D eigenvalue weighted by Crippen LogP contribution is -2.07. The van der Waals surface area contributed by atoms with Gasteiger partial charge in [0.05, 0.1) is 0 Å². The molecule has 2 N–H and O–H groups in total. The van der Waals surface area contributed by atoms with Crippen LogP contribution in [0.25, 0.3) is 0 Å². The Labute approximate surface area is 110 Å². The molecule has 4 heteroatoms. The molecule has 0 amide bonds. The molecule has 2 aromatic rings. The summed E-state index contributed by atoms with van der Waals surface area (Å²) in [4.78, 5) is 0. The van der Waals surface area contributed by atoms with Crippen LogP contribution in [-0.4, -0.2) is 0 Å². The van der Waals surface area contributed by atoms with Gasteiger partial charge in [-0.1, -0.05) is 18.2 Å². The number of benzene rings is 2. The molecule has 0 aliphatic carbocycles. The molecule has 100 valence electrons. The van der Waals surface area contributed by atoms with Gasteiger partial charge in [0, 0.05) is 17.7 Å². The second kappa shape index (κ2) is 5.80. The smallest absolute Gasteiger partial charge is 0.131 e. The van der Waals surface area contributed by atoms with Gasteiger partial charge in [0.1, 0.15) is 24.0 Å². The van der Waals surface area contributed by atoms with Crippen molar-refractivity contribution in [2.45, 2.75) is 19.6 Å². The van der Waals surface area contributed by atoms with E-state index in [0.717, 1.165) is 0 Å². The van der Waals surface area contributed by atoms with Crippen molar-refractivity contribution < 1.29 is 13.5 Å². The van der Waals surface area contributed by atoms with Crippen LogP contribution in [0.1, 0.15) is 24.1 Å². The Morgan fingerprint density at radius 3 is 2.58 bits per heavy atom.